The van der Waals surface area contributed by atoms with Gasteiger partial charge in [0.2, 0.25) is 5.91 Å². The average molecular weight is 227 g/mol. The second-order valence-corrected chi connectivity index (χ2v) is 4.72. The molecule has 0 radical (unpaired) electrons. The highest BCUT2D eigenvalue weighted by Crippen LogP contribution is 2.29. The number of carboxylic acids is 1. The van der Waals surface area contributed by atoms with Crippen molar-refractivity contribution in [1.29, 1.82) is 0 Å². The summed E-state index contributed by atoms with van der Waals surface area (Å²) in [4.78, 5) is 21.5. The molecule has 4 heteroatoms. The van der Waals surface area contributed by atoms with Crippen LogP contribution in [0.4, 0.5) is 0 Å². The SMILES string of the molecule is CC(=O)NC(CCC(=O)O)CC1CCCC1. The van der Waals surface area contributed by atoms with Crippen molar-refractivity contribution in [3.05, 3.63) is 0 Å². The molecule has 1 unspecified atom stereocenters. The third-order valence-corrected chi connectivity index (χ3v) is 3.21. The van der Waals surface area contributed by atoms with E-state index in [9.17, 15) is 9.59 Å². The molecule has 0 aromatic heterocycles. The first-order chi connectivity index (χ1) is 7.58. The van der Waals surface area contributed by atoms with Gasteiger partial charge in [-0.05, 0) is 18.8 Å². The van der Waals surface area contributed by atoms with Crippen LogP contribution in [0.3, 0.4) is 0 Å². The standard InChI is InChI=1S/C12H21NO3/c1-9(14)13-11(6-7-12(15)16)8-10-4-2-3-5-10/h10-11H,2-8H2,1H3,(H,13,14)(H,15,16). The quantitative estimate of drug-likeness (QED) is 0.728. The summed E-state index contributed by atoms with van der Waals surface area (Å²) in [5.41, 5.74) is 0. The molecular formula is C12H21NO3. The summed E-state index contributed by atoms with van der Waals surface area (Å²) in [6, 6.07) is 0.0386. The topological polar surface area (TPSA) is 66.4 Å². The van der Waals surface area contributed by atoms with Crippen LogP contribution in [0.1, 0.15) is 51.9 Å². The zero-order chi connectivity index (χ0) is 12.0. The number of carboxylic acid groups (broad SMARTS) is 1. The molecule has 1 aliphatic carbocycles. The number of carbonyl (C=O) groups is 2. The highest BCUT2D eigenvalue weighted by molar-refractivity contribution is 5.73. The van der Waals surface area contributed by atoms with Gasteiger partial charge in [-0.3, -0.25) is 9.59 Å². The first-order valence-corrected chi connectivity index (χ1v) is 6.07. The van der Waals surface area contributed by atoms with Gasteiger partial charge in [-0.15, -0.1) is 0 Å². The average Bonchev–Trinajstić information content (AvgIpc) is 2.66. The van der Waals surface area contributed by atoms with Gasteiger partial charge < -0.3 is 10.4 Å². The lowest BCUT2D eigenvalue weighted by atomic mass is 9.95. The summed E-state index contributed by atoms with van der Waals surface area (Å²) in [6.45, 7) is 1.49. The van der Waals surface area contributed by atoms with Gasteiger partial charge in [0.25, 0.3) is 0 Å². The highest BCUT2D eigenvalue weighted by Gasteiger charge is 2.21. The molecule has 0 saturated heterocycles. The smallest absolute Gasteiger partial charge is 0.303 e. The van der Waals surface area contributed by atoms with Crippen LogP contribution in [-0.2, 0) is 9.59 Å². The summed E-state index contributed by atoms with van der Waals surface area (Å²) in [5, 5.41) is 11.5. The fourth-order valence-electron chi connectivity index (χ4n) is 2.48. The minimum Gasteiger partial charge on any atom is -0.481 e. The van der Waals surface area contributed by atoms with Gasteiger partial charge in [-0.25, -0.2) is 0 Å². The Bertz CT molecular complexity index is 247. The van der Waals surface area contributed by atoms with E-state index in [-0.39, 0.29) is 18.4 Å². The first kappa shape index (κ1) is 13.0. The summed E-state index contributed by atoms with van der Waals surface area (Å²) in [6.07, 6.45) is 6.62. The molecule has 16 heavy (non-hydrogen) atoms. The van der Waals surface area contributed by atoms with Crippen LogP contribution in [0.25, 0.3) is 0 Å². The van der Waals surface area contributed by atoms with Gasteiger partial charge in [-0.1, -0.05) is 25.7 Å². The lowest BCUT2D eigenvalue weighted by Gasteiger charge is -2.20. The van der Waals surface area contributed by atoms with Crippen LogP contribution in [-0.4, -0.2) is 23.0 Å². The zero-order valence-electron chi connectivity index (χ0n) is 9.87. The number of rotatable bonds is 6. The van der Waals surface area contributed by atoms with Crippen molar-refractivity contribution in [3.63, 3.8) is 0 Å². The lowest BCUT2D eigenvalue weighted by molar-refractivity contribution is -0.137. The summed E-state index contributed by atoms with van der Waals surface area (Å²) in [5.74, 6) is -0.180. The molecule has 0 heterocycles. The Morgan fingerprint density at radius 1 is 1.38 bits per heavy atom. The van der Waals surface area contributed by atoms with Crippen LogP contribution >= 0.6 is 0 Å². The number of aliphatic carboxylic acids is 1. The van der Waals surface area contributed by atoms with Crippen LogP contribution in [0, 0.1) is 5.92 Å². The van der Waals surface area contributed by atoms with E-state index in [0.717, 1.165) is 6.42 Å². The molecule has 1 saturated carbocycles. The van der Waals surface area contributed by atoms with Crippen molar-refractivity contribution in [2.45, 2.75) is 57.9 Å². The number of hydrogen-bond donors (Lipinski definition) is 2. The van der Waals surface area contributed by atoms with Crippen molar-refractivity contribution >= 4 is 11.9 Å². The molecule has 2 N–H and O–H groups in total. The van der Waals surface area contributed by atoms with Gasteiger partial charge in [0, 0.05) is 19.4 Å². The Labute approximate surface area is 96.4 Å². The van der Waals surface area contributed by atoms with Crippen LogP contribution in [0.15, 0.2) is 0 Å². The van der Waals surface area contributed by atoms with Crippen LogP contribution in [0.2, 0.25) is 0 Å². The second kappa shape index (κ2) is 6.51. The Balaban J connectivity index is 2.35. The molecule has 0 aliphatic heterocycles. The molecule has 1 aliphatic rings. The fraction of sp³-hybridized carbons (Fsp3) is 0.833. The van der Waals surface area contributed by atoms with Gasteiger partial charge in [0.05, 0.1) is 0 Å². The zero-order valence-corrected chi connectivity index (χ0v) is 9.87. The van der Waals surface area contributed by atoms with E-state index in [2.05, 4.69) is 5.32 Å². The highest BCUT2D eigenvalue weighted by atomic mass is 16.4. The molecular weight excluding hydrogens is 206 g/mol. The van der Waals surface area contributed by atoms with E-state index in [1.54, 1.807) is 0 Å². The molecule has 0 aromatic rings. The monoisotopic (exact) mass is 227 g/mol. The number of nitrogens with one attached hydrogen (secondary N) is 1. The fourth-order valence-corrected chi connectivity index (χ4v) is 2.48. The van der Waals surface area contributed by atoms with E-state index < -0.39 is 5.97 Å². The lowest BCUT2D eigenvalue weighted by Crippen LogP contribution is -2.34. The van der Waals surface area contributed by atoms with E-state index in [1.165, 1.54) is 32.6 Å². The summed E-state index contributed by atoms with van der Waals surface area (Å²) in [7, 11) is 0. The number of carbonyl (C=O) groups excluding carboxylic acids is 1. The minimum atomic E-state index is -0.790. The molecule has 1 fully saturated rings. The maximum atomic E-state index is 11.0. The largest absolute Gasteiger partial charge is 0.481 e. The molecule has 92 valence electrons. The third-order valence-electron chi connectivity index (χ3n) is 3.21. The summed E-state index contributed by atoms with van der Waals surface area (Å²) >= 11 is 0. The van der Waals surface area contributed by atoms with Gasteiger partial charge >= 0.3 is 5.97 Å². The van der Waals surface area contributed by atoms with Gasteiger partial charge in [0.1, 0.15) is 0 Å². The Kier molecular flexibility index (Phi) is 5.29. The predicted molar refractivity (Wildman–Crippen MR) is 61.0 cm³/mol. The van der Waals surface area contributed by atoms with E-state index in [4.69, 9.17) is 5.11 Å². The van der Waals surface area contributed by atoms with Crippen molar-refractivity contribution < 1.29 is 14.7 Å². The van der Waals surface area contributed by atoms with Crippen LogP contribution in [0.5, 0.6) is 0 Å². The molecule has 4 nitrogen and oxygen atoms in total. The molecule has 0 bridgehead atoms. The number of hydrogen-bond acceptors (Lipinski definition) is 2. The van der Waals surface area contributed by atoms with Crippen molar-refractivity contribution in [1.82, 2.24) is 5.32 Å². The van der Waals surface area contributed by atoms with Crippen molar-refractivity contribution in [2.75, 3.05) is 0 Å². The normalized spacial score (nSPS) is 18.3. The molecule has 1 amide bonds. The molecule has 0 spiro atoms. The number of amides is 1. The van der Waals surface area contributed by atoms with E-state index in [0.29, 0.717) is 12.3 Å². The predicted octanol–water partition coefficient (Wildman–Crippen LogP) is 1.94. The Hall–Kier alpha value is -1.06. The Morgan fingerprint density at radius 2 is 2.00 bits per heavy atom. The minimum absolute atomic E-state index is 0.0386. The van der Waals surface area contributed by atoms with Gasteiger partial charge in [0.15, 0.2) is 0 Å². The first-order valence-electron chi connectivity index (χ1n) is 6.07. The molecule has 1 atom stereocenters. The van der Waals surface area contributed by atoms with Crippen LogP contribution < -0.4 is 5.32 Å². The maximum absolute atomic E-state index is 11.0. The van der Waals surface area contributed by atoms with E-state index >= 15 is 0 Å². The Morgan fingerprint density at radius 3 is 2.50 bits per heavy atom. The molecule has 0 aromatic carbocycles. The van der Waals surface area contributed by atoms with Gasteiger partial charge in [-0.2, -0.15) is 0 Å². The van der Waals surface area contributed by atoms with E-state index in [1.807, 2.05) is 0 Å². The van der Waals surface area contributed by atoms with Crippen molar-refractivity contribution in [3.8, 4) is 0 Å². The second-order valence-electron chi connectivity index (χ2n) is 4.72. The van der Waals surface area contributed by atoms with Crippen molar-refractivity contribution in [2.24, 2.45) is 5.92 Å². The maximum Gasteiger partial charge on any atom is 0.303 e. The summed E-state index contributed by atoms with van der Waals surface area (Å²) < 4.78 is 0. The molecule has 1 rings (SSSR count). The third kappa shape index (κ3) is 5.14.